The lowest BCUT2D eigenvalue weighted by molar-refractivity contribution is 0.0600. The lowest BCUT2D eigenvalue weighted by Crippen LogP contribution is -2.17. The van der Waals surface area contributed by atoms with Crippen molar-refractivity contribution < 1.29 is 14.3 Å². The van der Waals surface area contributed by atoms with Crippen LogP contribution < -0.4 is 5.43 Å². The molecule has 5 rings (SSSR count). The van der Waals surface area contributed by atoms with Gasteiger partial charge in [0.15, 0.2) is 0 Å². The van der Waals surface area contributed by atoms with Crippen molar-refractivity contribution in [3.8, 4) is 22.6 Å². The fourth-order valence-electron chi connectivity index (χ4n) is 4.92. The minimum Gasteiger partial charge on any atom is -0.465 e. The maximum atomic E-state index is 12.8. The van der Waals surface area contributed by atoms with E-state index in [0.717, 1.165) is 39.6 Å². The number of esters is 1. The number of nitrogens with zero attached hydrogens (tertiary/aromatic N) is 3. The number of rotatable bonds is 7. The van der Waals surface area contributed by atoms with Crippen molar-refractivity contribution in [1.82, 2.24) is 14.6 Å². The molecule has 41 heavy (non-hydrogen) atoms. The number of halogens is 1. The smallest absolute Gasteiger partial charge is 0.337 e. The summed E-state index contributed by atoms with van der Waals surface area (Å²) >= 11 is 6.47. The van der Waals surface area contributed by atoms with Crippen LogP contribution in [0, 0.1) is 20.8 Å². The van der Waals surface area contributed by atoms with E-state index in [1.54, 1.807) is 36.5 Å². The molecule has 2 heterocycles. The van der Waals surface area contributed by atoms with Crippen LogP contribution in [0.15, 0.2) is 96.1 Å². The van der Waals surface area contributed by atoms with Gasteiger partial charge in [0, 0.05) is 33.9 Å². The van der Waals surface area contributed by atoms with Gasteiger partial charge >= 0.3 is 5.97 Å². The molecule has 0 radical (unpaired) electrons. The molecule has 0 aliphatic carbocycles. The number of carbonyl (C=O) groups excluding carboxylic acids is 2. The molecule has 8 heteroatoms. The van der Waals surface area contributed by atoms with Crippen molar-refractivity contribution in [1.29, 1.82) is 0 Å². The molecule has 5 aromatic rings. The lowest BCUT2D eigenvalue weighted by atomic mass is 10.1. The van der Waals surface area contributed by atoms with E-state index in [0.29, 0.717) is 21.8 Å². The zero-order chi connectivity index (χ0) is 29.1. The first-order valence-electron chi connectivity index (χ1n) is 13.0. The first-order chi connectivity index (χ1) is 19.8. The third-order valence-electron chi connectivity index (χ3n) is 6.98. The van der Waals surface area contributed by atoms with Gasteiger partial charge in [0.25, 0.3) is 5.91 Å². The Hall–Kier alpha value is -4.88. The van der Waals surface area contributed by atoms with Gasteiger partial charge in [-0.15, -0.1) is 0 Å². The summed E-state index contributed by atoms with van der Waals surface area (Å²) in [4.78, 5) is 24.9. The number of ether oxygens (including phenoxy) is 1. The highest BCUT2D eigenvalue weighted by molar-refractivity contribution is 6.32. The van der Waals surface area contributed by atoms with Gasteiger partial charge in [-0.1, -0.05) is 41.9 Å². The number of aromatic nitrogens is 2. The molecule has 2 aromatic heterocycles. The van der Waals surface area contributed by atoms with Crippen LogP contribution in [0.25, 0.3) is 22.6 Å². The number of methoxy groups -OCH3 is 1. The Balaban J connectivity index is 1.32. The Kier molecular flexibility index (Phi) is 7.90. The first-order valence-corrected chi connectivity index (χ1v) is 13.4. The Bertz CT molecular complexity index is 1770. The molecule has 0 saturated carbocycles. The minimum absolute atomic E-state index is 0.317. The summed E-state index contributed by atoms with van der Waals surface area (Å²) in [6, 6.07) is 28.7. The summed E-state index contributed by atoms with van der Waals surface area (Å²) in [7, 11) is 1.34. The van der Waals surface area contributed by atoms with E-state index in [1.807, 2.05) is 54.8 Å². The van der Waals surface area contributed by atoms with E-state index in [-0.39, 0.29) is 5.91 Å². The molecule has 0 spiro atoms. The van der Waals surface area contributed by atoms with Crippen molar-refractivity contribution >= 4 is 29.7 Å². The highest BCUT2D eigenvalue weighted by Crippen LogP contribution is 2.28. The average molecular weight is 565 g/mol. The van der Waals surface area contributed by atoms with Crippen LogP contribution in [0.1, 0.15) is 43.4 Å². The Morgan fingerprint density at radius 1 is 0.829 bits per heavy atom. The summed E-state index contributed by atoms with van der Waals surface area (Å²) in [6.07, 6.45) is 1.60. The molecule has 1 N–H and O–H groups in total. The van der Waals surface area contributed by atoms with Gasteiger partial charge in [-0.3, -0.25) is 4.79 Å². The van der Waals surface area contributed by atoms with Gasteiger partial charge in [-0.05, 0) is 87.0 Å². The lowest BCUT2D eigenvalue weighted by Gasteiger charge is -2.13. The van der Waals surface area contributed by atoms with Crippen LogP contribution in [0.5, 0.6) is 0 Å². The predicted octanol–water partition coefficient (Wildman–Crippen LogP) is 7.06. The van der Waals surface area contributed by atoms with Crippen LogP contribution in [0.3, 0.4) is 0 Å². The van der Waals surface area contributed by atoms with Crippen LogP contribution in [-0.4, -0.2) is 34.3 Å². The molecule has 0 unspecified atom stereocenters. The summed E-state index contributed by atoms with van der Waals surface area (Å²) in [5.41, 5.74) is 11.0. The third-order valence-corrected chi connectivity index (χ3v) is 7.30. The van der Waals surface area contributed by atoms with E-state index < -0.39 is 5.97 Å². The number of amides is 1. The van der Waals surface area contributed by atoms with Gasteiger partial charge < -0.3 is 13.9 Å². The predicted molar refractivity (Wildman–Crippen MR) is 163 cm³/mol. The summed E-state index contributed by atoms with van der Waals surface area (Å²) < 4.78 is 8.94. The normalized spacial score (nSPS) is 11.1. The Morgan fingerprint density at radius 3 is 2.24 bits per heavy atom. The molecule has 3 aromatic carbocycles. The molecular formula is C33H29ClN4O3. The van der Waals surface area contributed by atoms with E-state index in [4.69, 9.17) is 16.3 Å². The SMILES string of the molecule is COC(=O)c1ccc(Cl)c(-n2c(C)cc(/C=N/NC(=O)c3ccc(-n4c(C)ccc4-c4ccccc4)cc3)c2C)c1. The highest BCUT2D eigenvalue weighted by atomic mass is 35.5. The van der Waals surface area contributed by atoms with Crippen molar-refractivity contribution in [3.05, 3.63) is 130 Å². The monoisotopic (exact) mass is 564 g/mol. The number of hydrazone groups is 1. The number of hydrogen-bond donors (Lipinski definition) is 1. The first kappa shape index (κ1) is 27.7. The van der Waals surface area contributed by atoms with Gasteiger partial charge in [-0.2, -0.15) is 5.10 Å². The second kappa shape index (κ2) is 11.7. The summed E-state index contributed by atoms with van der Waals surface area (Å²) in [6.45, 7) is 5.91. The molecule has 7 nitrogen and oxygen atoms in total. The van der Waals surface area contributed by atoms with Crippen molar-refractivity contribution in [2.75, 3.05) is 7.11 Å². The zero-order valence-electron chi connectivity index (χ0n) is 23.2. The van der Waals surface area contributed by atoms with E-state index in [9.17, 15) is 9.59 Å². The van der Waals surface area contributed by atoms with Crippen LogP contribution in [0.2, 0.25) is 5.02 Å². The van der Waals surface area contributed by atoms with Crippen molar-refractivity contribution in [2.24, 2.45) is 5.10 Å². The van der Waals surface area contributed by atoms with E-state index in [1.165, 1.54) is 7.11 Å². The Morgan fingerprint density at radius 2 is 1.54 bits per heavy atom. The maximum absolute atomic E-state index is 12.8. The average Bonchev–Trinajstić information content (AvgIpc) is 3.51. The van der Waals surface area contributed by atoms with Gasteiger partial charge in [0.2, 0.25) is 0 Å². The number of carbonyl (C=O) groups is 2. The number of benzene rings is 3. The van der Waals surface area contributed by atoms with Crippen molar-refractivity contribution in [2.45, 2.75) is 20.8 Å². The topological polar surface area (TPSA) is 77.6 Å². The van der Waals surface area contributed by atoms with E-state index in [2.05, 4.69) is 46.3 Å². The second-order valence-corrected chi connectivity index (χ2v) is 10.0. The number of aryl methyl sites for hydroxylation is 2. The standard InChI is InChI=1S/C33H29ClN4O3/c1-21-10-17-30(24-8-6-5-7-9-24)38(21)28-14-11-25(12-15-28)32(39)36-35-20-27-18-22(2)37(23(27)3)31-19-26(33(40)41-4)13-16-29(31)34/h5-20H,1-4H3,(H,36,39)/b35-20+. The van der Waals surface area contributed by atoms with Crippen molar-refractivity contribution in [3.63, 3.8) is 0 Å². The van der Waals surface area contributed by atoms with Gasteiger partial charge in [-0.25, -0.2) is 10.2 Å². The van der Waals surface area contributed by atoms with Crippen LogP contribution >= 0.6 is 11.6 Å². The molecule has 0 saturated heterocycles. The van der Waals surface area contributed by atoms with Crippen LogP contribution in [0.4, 0.5) is 0 Å². The molecule has 1 amide bonds. The number of nitrogens with one attached hydrogen (secondary N) is 1. The quantitative estimate of drug-likeness (QED) is 0.130. The van der Waals surface area contributed by atoms with E-state index >= 15 is 0 Å². The largest absolute Gasteiger partial charge is 0.465 e. The molecule has 0 fully saturated rings. The molecule has 0 aliphatic rings. The molecule has 206 valence electrons. The van der Waals surface area contributed by atoms with Crippen LogP contribution in [-0.2, 0) is 4.74 Å². The summed E-state index contributed by atoms with van der Waals surface area (Å²) in [5.74, 6) is -0.758. The number of hydrogen-bond acceptors (Lipinski definition) is 4. The minimum atomic E-state index is -0.442. The molecule has 0 aliphatic heterocycles. The Labute approximate surface area is 243 Å². The maximum Gasteiger partial charge on any atom is 0.337 e. The zero-order valence-corrected chi connectivity index (χ0v) is 23.9. The molecular weight excluding hydrogens is 536 g/mol. The molecule has 0 atom stereocenters. The fourth-order valence-corrected chi connectivity index (χ4v) is 5.12. The third kappa shape index (κ3) is 5.58. The second-order valence-electron chi connectivity index (χ2n) is 9.63. The molecule has 0 bridgehead atoms. The highest BCUT2D eigenvalue weighted by Gasteiger charge is 2.16. The van der Waals surface area contributed by atoms with Gasteiger partial charge in [0.1, 0.15) is 0 Å². The summed E-state index contributed by atoms with van der Waals surface area (Å²) in [5, 5.41) is 4.69. The van der Waals surface area contributed by atoms with Gasteiger partial charge in [0.05, 0.1) is 35.3 Å². The fraction of sp³-hybridized carbons (Fsp3) is 0.121.